The monoisotopic (exact) mass is 262 g/mol. The van der Waals surface area contributed by atoms with Gasteiger partial charge in [0.25, 0.3) is 0 Å². The first kappa shape index (κ1) is 13.9. The van der Waals surface area contributed by atoms with E-state index in [1.807, 2.05) is 39.0 Å². The second-order valence-electron chi connectivity index (χ2n) is 5.28. The summed E-state index contributed by atoms with van der Waals surface area (Å²) in [6.45, 7) is 6.52. The second kappa shape index (κ2) is 6.06. The minimum Gasteiger partial charge on any atom is -0.493 e. The Labute approximate surface area is 114 Å². The number of hydrogen-bond acceptors (Lipinski definition) is 3. The van der Waals surface area contributed by atoms with Crippen LogP contribution in [0.1, 0.15) is 38.8 Å². The highest BCUT2D eigenvalue weighted by Gasteiger charge is 2.24. The minimum atomic E-state index is -0.210. The van der Waals surface area contributed by atoms with Crippen LogP contribution in [0.2, 0.25) is 0 Å². The van der Waals surface area contributed by atoms with Gasteiger partial charge in [0, 0.05) is 24.1 Å². The Hall–Kier alpha value is -1.55. The van der Waals surface area contributed by atoms with Crippen molar-refractivity contribution in [2.75, 3.05) is 6.61 Å². The number of rotatable bonds is 4. The molecule has 0 fully saturated rings. The lowest BCUT2D eigenvalue weighted by molar-refractivity contribution is -0.123. The van der Waals surface area contributed by atoms with Crippen molar-refractivity contribution in [2.45, 2.75) is 45.3 Å². The van der Waals surface area contributed by atoms with Gasteiger partial charge in [-0.3, -0.25) is 10.1 Å². The Morgan fingerprint density at radius 2 is 2.05 bits per heavy atom. The lowest BCUT2D eigenvalue weighted by Gasteiger charge is -2.29. The third kappa shape index (κ3) is 3.47. The molecule has 1 aliphatic heterocycles. The van der Waals surface area contributed by atoms with Gasteiger partial charge >= 0.3 is 0 Å². The summed E-state index contributed by atoms with van der Waals surface area (Å²) in [6.07, 6.45) is 0.885. The first-order valence-electron chi connectivity index (χ1n) is 6.86. The van der Waals surface area contributed by atoms with E-state index in [-0.39, 0.29) is 24.0 Å². The molecular weight excluding hydrogens is 240 g/mol. The highest BCUT2D eigenvalue weighted by atomic mass is 16.5. The number of benzene rings is 1. The molecule has 0 aliphatic carbocycles. The van der Waals surface area contributed by atoms with Crippen LogP contribution in [0.25, 0.3) is 0 Å². The van der Waals surface area contributed by atoms with E-state index in [1.165, 1.54) is 0 Å². The van der Waals surface area contributed by atoms with Crippen LogP contribution in [0.15, 0.2) is 24.3 Å². The lowest BCUT2D eigenvalue weighted by atomic mass is 9.99. The summed E-state index contributed by atoms with van der Waals surface area (Å²) in [5.41, 5.74) is 1.14. The van der Waals surface area contributed by atoms with E-state index < -0.39 is 0 Å². The molecule has 2 unspecified atom stereocenters. The van der Waals surface area contributed by atoms with Gasteiger partial charge in [0.2, 0.25) is 5.91 Å². The number of amides is 1. The third-order valence-corrected chi connectivity index (χ3v) is 3.23. The van der Waals surface area contributed by atoms with E-state index >= 15 is 0 Å². The lowest BCUT2D eigenvalue weighted by Crippen LogP contribution is -2.46. The maximum atomic E-state index is 11.9. The van der Waals surface area contributed by atoms with Crippen LogP contribution in [-0.4, -0.2) is 24.6 Å². The number of fused-ring (bicyclic) bond motifs is 1. The molecule has 0 saturated carbocycles. The summed E-state index contributed by atoms with van der Waals surface area (Å²) >= 11 is 0. The standard InChI is InChI=1S/C15H22N2O2/c1-10(2)16-15(18)11(3)17-13-8-9-19-14-7-5-4-6-12(13)14/h4-7,10-11,13,17H,8-9H2,1-3H3,(H,16,18). The predicted octanol–water partition coefficient (Wildman–Crippen LogP) is 2.01. The Kier molecular flexibility index (Phi) is 4.43. The maximum absolute atomic E-state index is 11.9. The van der Waals surface area contributed by atoms with Crippen molar-refractivity contribution in [3.8, 4) is 5.75 Å². The van der Waals surface area contributed by atoms with Gasteiger partial charge in [0.1, 0.15) is 5.75 Å². The number of hydrogen-bond donors (Lipinski definition) is 2. The zero-order valence-corrected chi connectivity index (χ0v) is 11.8. The number of carbonyl (C=O) groups excluding carboxylic acids is 1. The number of para-hydroxylation sites is 1. The molecule has 0 bridgehead atoms. The van der Waals surface area contributed by atoms with Crippen LogP contribution in [0.4, 0.5) is 0 Å². The first-order valence-corrected chi connectivity index (χ1v) is 6.86. The maximum Gasteiger partial charge on any atom is 0.237 e. The molecule has 2 atom stereocenters. The summed E-state index contributed by atoms with van der Waals surface area (Å²) in [4.78, 5) is 11.9. The molecule has 1 aliphatic rings. The molecule has 1 amide bonds. The van der Waals surface area contributed by atoms with Gasteiger partial charge in [-0.2, -0.15) is 0 Å². The van der Waals surface area contributed by atoms with Crippen LogP contribution >= 0.6 is 0 Å². The smallest absolute Gasteiger partial charge is 0.237 e. The van der Waals surface area contributed by atoms with Gasteiger partial charge in [0.15, 0.2) is 0 Å². The summed E-state index contributed by atoms with van der Waals surface area (Å²) in [5.74, 6) is 0.960. The second-order valence-corrected chi connectivity index (χ2v) is 5.28. The molecule has 0 radical (unpaired) electrons. The van der Waals surface area contributed by atoms with Crippen molar-refractivity contribution >= 4 is 5.91 Å². The van der Waals surface area contributed by atoms with Crippen LogP contribution in [0, 0.1) is 0 Å². The van der Waals surface area contributed by atoms with E-state index in [2.05, 4.69) is 16.7 Å². The van der Waals surface area contributed by atoms with E-state index in [9.17, 15) is 4.79 Å². The predicted molar refractivity (Wildman–Crippen MR) is 75.2 cm³/mol. The topological polar surface area (TPSA) is 50.4 Å². The molecule has 1 aromatic rings. The zero-order valence-electron chi connectivity index (χ0n) is 11.8. The highest BCUT2D eigenvalue weighted by Crippen LogP contribution is 2.31. The molecule has 0 aromatic heterocycles. The van der Waals surface area contributed by atoms with Crippen LogP contribution < -0.4 is 15.4 Å². The summed E-state index contributed by atoms with van der Waals surface area (Å²) in [7, 11) is 0. The van der Waals surface area contributed by atoms with Crippen molar-refractivity contribution < 1.29 is 9.53 Å². The Bertz CT molecular complexity index is 446. The Morgan fingerprint density at radius 3 is 2.79 bits per heavy atom. The molecule has 4 nitrogen and oxygen atoms in total. The average Bonchev–Trinajstić information content (AvgIpc) is 2.38. The third-order valence-electron chi connectivity index (χ3n) is 3.23. The minimum absolute atomic E-state index is 0.0407. The fourth-order valence-corrected chi connectivity index (χ4v) is 2.30. The Morgan fingerprint density at radius 1 is 1.32 bits per heavy atom. The van der Waals surface area contributed by atoms with Crippen molar-refractivity contribution in [1.82, 2.24) is 10.6 Å². The fraction of sp³-hybridized carbons (Fsp3) is 0.533. The number of nitrogens with one attached hydrogen (secondary N) is 2. The van der Waals surface area contributed by atoms with E-state index in [4.69, 9.17) is 4.74 Å². The van der Waals surface area contributed by atoms with Gasteiger partial charge in [-0.05, 0) is 26.8 Å². The summed E-state index contributed by atoms with van der Waals surface area (Å²) in [6, 6.07) is 8.13. The molecule has 1 aromatic carbocycles. The largest absolute Gasteiger partial charge is 0.493 e. The molecule has 104 valence electrons. The molecule has 1 heterocycles. The van der Waals surface area contributed by atoms with E-state index in [1.54, 1.807) is 0 Å². The summed E-state index contributed by atoms with van der Waals surface area (Å²) in [5, 5.41) is 6.31. The SMILES string of the molecule is CC(C)NC(=O)C(C)NC1CCOc2ccccc21. The van der Waals surface area contributed by atoms with Crippen LogP contribution in [-0.2, 0) is 4.79 Å². The number of ether oxygens (including phenoxy) is 1. The average molecular weight is 262 g/mol. The quantitative estimate of drug-likeness (QED) is 0.872. The molecular formula is C15H22N2O2. The molecule has 19 heavy (non-hydrogen) atoms. The van der Waals surface area contributed by atoms with Crippen LogP contribution in [0.5, 0.6) is 5.75 Å². The summed E-state index contributed by atoms with van der Waals surface area (Å²) < 4.78 is 5.62. The molecule has 0 saturated heterocycles. The van der Waals surface area contributed by atoms with Crippen LogP contribution in [0.3, 0.4) is 0 Å². The molecule has 2 rings (SSSR count). The normalized spacial score (nSPS) is 19.5. The van der Waals surface area contributed by atoms with E-state index in [0.29, 0.717) is 6.61 Å². The highest BCUT2D eigenvalue weighted by molar-refractivity contribution is 5.81. The first-order chi connectivity index (χ1) is 9.08. The number of carbonyl (C=O) groups is 1. The van der Waals surface area contributed by atoms with Crippen molar-refractivity contribution in [3.63, 3.8) is 0 Å². The Balaban J connectivity index is 2.02. The molecule has 4 heteroatoms. The fourth-order valence-electron chi connectivity index (χ4n) is 2.30. The van der Waals surface area contributed by atoms with Gasteiger partial charge in [-0.25, -0.2) is 0 Å². The van der Waals surface area contributed by atoms with Gasteiger partial charge in [-0.15, -0.1) is 0 Å². The van der Waals surface area contributed by atoms with Crippen molar-refractivity contribution in [2.24, 2.45) is 0 Å². The van der Waals surface area contributed by atoms with Gasteiger partial charge in [-0.1, -0.05) is 18.2 Å². The van der Waals surface area contributed by atoms with Gasteiger partial charge < -0.3 is 10.1 Å². The van der Waals surface area contributed by atoms with Gasteiger partial charge in [0.05, 0.1) is 12.6 Å². The zero-order chi connectivity index (χ0) is 13.8. The molecule has 2 N–H and O–H groups in total. The molecule has 0 spiro atoms. The van der Waals surface area contributed by atoms with E-state index in [0.717, 1.165) is 17.7 Å². The van der Waals surface area contributed by atoms with Crippen molar-refractivity contribution in [1.29, 1.82) is 0 Å². The van der Waals surface area contributed by atoms with Crippen molar-refractivity contribution in [3.05, 3.63) is 29.8 Å².